The zero-order valence-electron chi connectivity index (χ0n) is 14.1. The fourth-order valence-electron chi connectivity index (χ4n) is 3.14. The fourth-order valence-corrected chi connectivity index (χ4v) is 3.14. The van der Waals surface area contributed by atoms with E-state index in [4.69, 9.17) is 0 Å². The normalized spacial score (nSPS) is 17.4. The van der Waals surface area contributed by atoms with Crippen LogP contribution in [0.15, 0.2) is 12.1 Å². The van der Waals surface area contributed by atoms with Crippen LogP contribution in [-0.2, 0) is 0 Å². The van der Waals surface area contributed by atoms with Crippen molar-refractivity contribution in [2.45, 2.75) is 39.7 Å². The van der Waals surface area contributed by atoms with Crippen molar-refractivity contribution in [1.82, 2.24) is 9.80 Å². The first kappa shape index (κ1) is 16.2. The van der Waals surface area contributed by atoms with Gasteiger partial charge in [0.1, 0.15) is 0 Å². The number of rotatable bonds is 4. The zero-order chi connectivity index (χ0) is 15.6. The Bertz CT molecular complexity index is 514. The number of likely N-dealkylation sites (tertiary alicyclic amines) is 1. The molecular formula is C18H28N2O. The van der Waals surface area contributed by atoms with Gasteiger partial charge in [-0.1, -0.05) is 6.07 Å². The van der Waals surface area contributed by atoms with Crippen LogP contribution in [0.2, 0.25) is 0 Å². The molecule has 0 aliphatic carbocycles. The molecule has 1 aliphatic heterocycles. The predicted molar refractivity (Wildman–Crippen MR) is 88.1 cm³/mol. The summed E-state index contributed by atoms with van der Waals surface area (Å²) in [6.07, 6.45) is 2.32. The van der Waals surface area contributed by atoms with Crippen LogP contribution in [0.1, 0.15) is 39.9 Å². The Morgan fingerprint density at radius 3 is 2.24 bits per heavy atom. The van der Waals surface area contributed by atoms with E-state index >= 15 is 0 Å². The van der Waals surface area contributed by atoms with Crippen molar-refractivity contribution in [3.05, 3.63) is 34.4 Å². The summed E-state index contributed by atoms with van der Waals surface area (Å²) in [5.41, 5.74) is 4.46. The molecule has 1 heterocycles. The third-order valence-electron chi connectivity index (χ3n) is 4.80. The standard InChI is InChI=1S/C18H28N2O/c1-13-10-15(3)17(11-14(13)2)18(21)12-20-8-6-16(7-9-20)19(4)5/h10-11,16H,6-9,12H2,1-5H3. The van der Waals surface area contributed by atoms with E-state index in [1.54, 1.807) is 0 Å². The minimum Gasteiger partial charge on any atom is -0.306 e. The molecule has 0 radical (unpaired) electrons. The van der Waals surface area contributed by atoms with Crippen LogP contribution in [0, 0.1) is 20.8 Å². The summed E-state index contributed by atoms with van der Waals surface area (Å²) in [6.45, 7) is 8.83. The number of hydrogen-bond donors (Lipinski definition) is 0. The third kappa shape index (κ3) is 3.92. The molecule has 0 spiro atoms. The van der Waals surface area contributed by atoms with Gasteiger partial charge < -0.3 is 4.90 Å². The van der Waals surface area contributed by atoms with Gasteiger partial charge in [-0.2, -0.15) is 0 Å². The number of benzene rings is 1. The summed E-state index contributed by atoms with van der Waals surface area (Å²) in [4.78, 5) is 17.2. The van der Waals surface area contributed by atoms with E-state index in [2.05, 4.69) is 49.9 Å². The lowest BCUT2D eigenvalue weighted by Gasteiger charge is -2.34. The van der Waals surface area contributed by atoms with E-state index in [9.17, 15) is 4.79 Å². The van der Waals surface area contributed by atoms with Crippen molar-refractivity contribution in [3.63, 3.8) is 0 Å². The van der Waals surface area contributed by atoms with Crippen LogP contribution in [0.3, 0.4) is 0 Å². The van der Waals surface area contributed by atoms with Crippen molar-refractivity contribution < 1.29 is 4.79 Å². The van der Waals surface area contributed by atoms with E-state index in [0.717, 1.165) is 37.1 Å². The summed E-state index contributed by atoms with van der Waals surface area (Å²) >= 11 is 0. The molecule has 0 amide bonds. The first-order valence-electron chi connectivity index (χ1n) is 7.88. The first-order valence-corrected chi connectivity index (χ1v) is 7.88. The van der Waals surface area contributed by atoms with Gasteiger partial charge in [0.15, 0.2) is 5.78 Å². The van der Waals surface area contributed by atoms with Crippen molar-refractivity contribution in [3.8, 4) is 0 Å². The summed E-state index contributed by atoms with van der Waals surface area (Å²) < 4.78 is 0. The Labute approximate surface area is 128 Å². The van der Waals surface area contributed by atoms with Gasteiger partial charge in [0.05, 0.1) is 6.54 Å². The van der Waals surface area contributed by atoms with Gasteiger partial charge in [-0.15, -0.1) is 0 Å². The van der Waals surface area contributed by atoms with Crippen LogP contribution < -0.4 is 0 Å². The summed E-state index contributed by atoms with van der Waals surface area (Å²) in [6, 6.07) is 4.85. The SMILES string of the molecule is Cc1cc(C)c(C(=O)CN2CCC(N(C)C)CC2)cc1C. The maximum Gasteiger partial charge on any atom is 0.177 e. The lowest BCUT2D eigenvalue weighted by Crippen LogP contribution is -2.43. The van der Waals surface area contributed by atoms with Gasteiger partial charge in [-0.3, -0.25) is 9.69 Å². The number of aryl methyl sites for hydroxylation is 3. The topological polar surface area (TPSA) is 23.6 Å². The zero-order valence-corrected chi connectivity index (χ0v) is 14.1. The Kier molecular flexibility index (Phi) is 5.17. The molecule has 0 bridgehead atoms. The second-order valence-corrected chi connectivity index (χ2v) is 6.65. The summed E-state index contributed by atoms with van der Waals surface area (Å²) in [5.74, 6) is 0.263. The maximum absolute atomic E-state index is 12.6. The summed E-state index contributed by atoms with van der Waals surface area (Å²) in [5, 5.41) is 0. The van der Waals surface area contributed by atoms with E-state index in [1.165, 1.54) is 11.1 Å². The molecule has 21 heavy (non-hydrogen) atoms. The molecule has 3 nitrogen and oxygen atoms in total. The van der Waals surface area contributed by atoms with E-state index in [0.29, 0.717) is 12.6 Å². The number of carbonyl (C=O) groups excluding carboxylic acids is 1. The van der Waals surface area contributed by atoms with Crippen LogP contribution in [-0.4, -0.2) is 55.4 Å². The molecule has 1 aliphatic rings. The number of piperidine rings is 1. The smallest absolute Gasteiger partial charge is 0.177 e. The Morgan fingerprint density at radius 1 is 1.10 bits per heavy atom. The molecule has 3 heteroatoms. The molecular weight excluding hydrogens is 260 g/mol. The maximum atomic E-state index is 12.6. The molecule has 0 saturated carbocycles. The third-order valence-corrected chi connectivity index (χ3v) is 4.80. The second kappa shape index (κ2) is 6.71. The Balaban J connectivity index is 1.98. The van der Waals surface area contributed by atoms with Crippen LogP contribution in [0.5, 0.6) is 0 Å². The molecule has 1 saturated heterocycles. The lowest BCUT2D eigenvalue weighted by molar-refractivity contribution is 0.0873. The average molecular weight is 288 g/mol. The van der Waals surface area contributed by atoms with Gasteiger partial charge in [0.2, 0.25) is 0 Å². The Hall–Kier alpha value is -1.19. The molecule has 1 aromatic rings. The van der Waals surface area contributed by atoms with Gasteiger partial charge in [-0.05, 0) is 70.5 Å². The largest absolute Gasteiger partial charge is 0.306 e. The minimum absolute atomic E-state index is 0.263. The Morgan fingerprint density at radius 2 is 1.67 bits per heavy atom. The van der Waals surface area contributed by atoms with Gasteiger partial charge in [0.25, 0.3) is 0 Å². The lowest BCUT2D eigenvalue weighted by atomic mass is 9.97. The van der Waals surface area contributed by atoms with E-state index in [-0.39, 0.29) is 5.78 Å². The van der Waals surface area contributed by atoms with Crippen molar-refractivity contribution in [2.24, 2.45) is 0 Å². The van der Waals surface area contributed by atoms with Gasteiger partial charge >= 0.3 is 0 Å². The number of carbonyl (C=O) groups is 1. The molecule has 116 valence electrons. The highest BCUT2D eigenvalue weighted by Crippen LogP contribution is 2.18. The number of hydrogen-bond acceptors (Lipinski definition) is 3. The van der Waals surface area contributed by atoms with Crippen molar-refractivity contribution in [2.75, 3.05) is 33.7 Å². The van der Waals surface area contributed by atoms with E-state index < -0.39 is 0 Å². The quantitative estimate of drug-likeness (QED) is 0.796. The van der Waals surface area contributed by atoms with Crippen LogP contribution in [0.25, 0.3) is 0 Å². The average Bonchev–Trinajstić information content (AvgIpc) is 2.43. The molecule has 0 aromatic heterocycles. The van der Waals surface area contributed by atoms with Crippen LogP contribution >= 0.6 is 0 Å². The number of Topliss-reactive ketones (excluding diaryl/α,β-unsaturated/α-hetero) is 1. The van der Waals surface area contributed by atoms with Gasteiger partial charge in [0, 0.05) is 24.7 Å². The highest BCUT2D eigenvalue weighted by atomic mass is 16.1. The monoisotopic (exact) mass is 288 g/mol. The highest BCUT2D eigenvalue weighted by Gasteiger charge is 2.22. The molecule has 2 rings (SSSR count). The van der Waals surface area contributed by atoms with Gasteiger partial charge in [-0.25, -0.2) is 0 Å². The highest BCUT2D eigenvalue weighted by molar-refractivity contribution is 5.99. The van der Waals surface area contributed by atoms with Crippen LogP contribution in [0.4, 0.5) is 0 Å². The van der Waals surface area contributed by atoms with Crippen molar-refractivity contribution in [1.29, 1.82) is 0 Å². The molecule has 0 unspecified atom stereocenters. The number of nitrogens with zero attached hydrogens (tertiary/aromatic N) is 2. The predicted octanol–water partition coefficient (Wildman–Crippen LogP) is 2.82. The fraction of sp³-hybridized carbons (Fsp3) is 0.611. The van der Waals surface area contributed by atoms with E-state index in [1.807, 2.05) is 6.92 Å². The molecule has 0 N–H and O–H groups in total. The summed E-state index contributed by atoms with van der Waals surface area (Å²) in [7, 11) is 4.29. The first-order chi connectivity index (χ1) is 9.88. The molecule has 0 atom stereocenters. The molecule has 1 fully saturated rings. The number of ketones is 1. The molecule has 1 aromatic carbocycles. The second-order valence-electron chi connectivity index (χ2n) is 6.65. The minimum atomic E-state index is 0.263. The van der Waals surface area contributed by atoms with Crippen molar-refractivity contribution >= 4 is 5.78 Å².